The van der Waals surface area contributed by atoms with Crippen LogP contribution in [0.2, 0.25) is 0 Å². The average Bonchev–Trinajstić information content (AvgIpc) is 2.89. The molecule has 1 aromatic heterocycles. The fourth-order valence-corrected chi connectivity index (χ4v) is 4.26. The number of fused-ring (bicyclic) bond motifs is 2. The second-order valence-electron chi connectivity index (χ2n) is 8.43. The van der Waals surface area contributed by atoms with Crippen molar-refractivity contribution in [3.8, 4) is 11.8 Å². The lowest BCUT2D eigenvalue weighted by molar-refractivity contribution is -0.133. The van der Waals surface area contributed by atoms with Gasteiger partial charge >= 0.3 is 5.97 Å². The van der Waals surface area contributed by atoms with Crippen molar-refractivity contribution >= 4 is 34.4 Å². The number of nitrogens with zero attached hydrogens (tertiary/aromatic N) is 3. The Hall–Kier alpha value is -4.18. The summed E-state index contributed by atoms with van der Waals surface area (Å²) >= 11 is 0. The minimum absolute atomic E-state index is 0.224. The van der Waals surface area contributed by atoms with Crippen LogP contribution in [0.4, 0.5) is 0 Å². The van der Waals surface area contributed by atoms with Crippen LogP contribution in [0.15, 0.2) is 48.5 Å². The highest BCUT2D eigenvalue weighted by molar-refractivity contribution is 6.07. The smallest absolute Gasteiger partial charge is 0.339 e. The normalized spacial score (nSPS) is 13.7. The maximum absolute atomic E-state index is 13.3. The van der Waals surface area contributed by atoms with Gasteiger partial charge in [-0.3, -0.25) is 4.79 Å². The molecule has 7 heteroatoms. The van der Waals surface area contributed by atoms with Crippen molar-refractivity contribution in [2.45, 2.75) is 25.7 Å². The molecule has 1 aliphatic rings. The number of esters is 1. The van der Waals surface area contributed by atoms with Gasteiger partial charge in [0.15, 0.2) is 6.61 Å². The fraction of sp³-hybridized carbons (Fsp3) is 0.286. The molecule has 178 valence electrons. The summed E-state index contributed by atoms with van der Waals surface area (Å²) in [4.78, 5) is 32.0. The van der Waals surface area contributed by atoms with Gasteiger partial charge in [0.25, 0.3) is 5.91 Å². The number of allylic oxidation sites excluding steroid dienone is 1. The van der Waals surface area contributed by atoms with E-state index in [1.54, 1.807) is 14.2 Å². The molecule has 0 fully saturated rings. The molecule has 0 spiro atoms. The Bertz CT molecular complexity index is 1320. The van der Waals surface area contributed by atoms with Crippen molar-refractivity contribution in [3.63, 3.8) is 0 Å². The summed E-state index contributed by atoms with van der Waals surface area (Å²) in [6, 6.07) is 17.3. The minimum atomic E-state index is -0.535. The third-order valence-electron chi connectivity index (χ3n) is 6.14. The molecule has 0 radical (unpaired) electrons. The number of likely N-dealkylation sites (N-methyl/N-ethyl adjacent to an activating group) is 1. The van der Waals surface area contributed by atoms with Gasteiger partial charge in [-0.1, -0.05) is 30.3 Å². The summed E-state index contributed by atoms with van der Waals surface area (Å²) in [6.45, 7) is -0.0826. The number of para-hydroxylation sites is 1. The summed E-state index contributed by atoms with van der Waals surface area (Å²) in [5.74, 6) is -0.0911. The SMILES string of the molecule is COc1ccc(/C=C2/CCCc3c2nc2ccccc2c3C(=O)OCC(=O)N(C)CCC#N)cc1. The van der Waals surface area contributed by atoms with Crippen LogP contribution in [0.1, 0.15) is 46.4 Å². The lowest BCUT2D eigenvalue weighted by Gasteiger charge is -2.23. The van der Waals surface area contributed by atoms with Gasteiger partial charge in [0.05, 0.1) is 36.4 Å². The molecule has 0 atom stereocenters. The standard InChI is InChI=1S/C28H27N3O4/c1-31(16-6-15-29)25(32)18-35-28(33)26-22-8-3-4-10-24(22)30-27-20(7-5-9-23(26)27)17-19-11-13-21(34-2)14-12-19/h3-4,8,10-14,17H,5-7,9,16,18H2,1-2H3/b20-17-. The highest BCUT2D eigenvalue weighted by Gasteiger charge is 2.26. The Morgan fingerprint density at radius 2 is 1.91 bits per heavy atom. The largest absolute Gasteiger partial charge is 0.497 e. The molecule has 0 saturated heterocycles. The first-order chi connectivity index (χ1) is 17.0. The van der Waals surface area contributed by atoms with Crippen LogP contribution in [0, 0.1) is 11.3 Å². The Kier molecular flexibility index (Phi) is 7.41. The Balaban J connectivity index is 1.69. The lowest BCUT2D eigenvalue weighted by atomic mass is 9.86. The number of carbonyl (C=O) groups excluding carboxylic acids is 2. The maximum atomic E-state index is 13.3. The summed E-state index contributed by atoms with van der Waals surface area (Å²) in [5, 5.41) is 9.44. The van der Waals surface area contributed by atoms with Crippen molar-refractivity contribution in [1.29, 1.82) is 5.26 Å². The number of nitriles is 1. The van der Waals surface area contributed by atoms with Gasteiger partial charge < -0.3 is 14.4 Å². The predicted octanol–water partition coefficient (Wildman–Crippen LogP) is 4.65. The van der Waals surface area contributed by atoms with E-state index in [0.717, 1.165) is 41.0 Å². The van der Waals surface area contributed by atoms with Gasteiger partial charge in [0.2, 0.25) is 0 Å². The zero-order valence-electron chi connectivity index (χ0n) is 19.9. The molecule has 2 aromatic carbocycles. The highest BCUT2D eigenvalue weighted by atomic mass is 16.5. The molecule has 1 heterocycles. The monoisotopic (exact) mass is 469 g/mol. The molecule has 0 saturated carbocycles. The van der Waals surface area contributed by atoms with Crippen LogP contribution in [-0.4, -0.2) is 49.1 Å². The van der Waals surface area contributed by atoms with E-state index in [-0.39, 0.29) is 18.9 Å². The molecule has 35 heavy (non-hydrogen) atoms. The van der Waals surface area contributed by atoms with Crippen molar-refractivity contribution in [2.75, 3.05) is 27.3 Å². The number of ether oxygens (including phenoxy) is 2. The lowest BCUT2D eigenvalue weighted by Crippen LogP contribution is -2.32. The molecule has 3 aromatic rings. The molecule has 0 bridgehead atoms. The molecule has 0 aliphatic heterocycles. The number of carbonyl (C=O) groups is 2. The van der Waals surface area contributed by atoms with Gasteiger partial charge in [-0.05, 0) is 60.2 Å². The highest BCUT2D eigenvalue weighted by Crippen LogP contribution is 2.36. The van der Waals surface area contributed by atoms with E-state index in [1.807, 2.05) is 54.6 Å². The van der Waals surface area contributed by atoms with Gasteiger partial charge in [-0.15, -0.1) is 0 Å². The number of aromatic nitrogens is 1. The summed E-state index contributed by atoms with van der Waals surface area (Å²) < 4.78 is 10.7. The zero-order valence-corrected chi connectivity index (χ0v) is 19.9. The third kappa shape index (κ3) is 5.33. The molecule has 4 rings (SSSR count). The van der Waals surface area contributed by atoms with E-state index >= 15 is 0 Å². The number of rotatable bonds is 7. The van der Waals surface area contributed by atoms with Crippen LogP contribution < -0.4 is 4.74 Å². The van der Waals surface area contributed by atoms with Crippen molar-refractivity contribution < 1.29 is 19.1 Å². The number of hydrogen-bond donors (Lipinski definition) is 0. The molecular weight excluding hydrogens is 442 g/mol. The van der Waals surface area contributed by atoms with Gasteiger partial charge in [-0.2, -0.15) is 5.26 Å². The van der Waals surface area contributed by atoms with E-state index < -0.39 is 5.97 Å². The average molecular weight is 470 g/mol. The third-order valence-corrected chi connectivity index (χ3v) is 6.14. The Labute approximate surface area is 204 Å². The molecule has 0 unspecified atom stereocenters. The minimum Gasteiger partial charge on any atom is -0.497 e. The summed E-state index contributed by atoms with van der Waals surface area (Å²) in [6.07, 6.45) is 4.75. The van der Waals surface area contributed by atoms with Crippen LogP contribution in [0.3, 0.4) is 0 Å². The molecule has 7 nitrogen and oxygen atoms in total. The summed E-state index contributed by atoms with van der Waals surface area (Å²) in [5.41, 5.74) is 4.92. The van der Waals surface area contributed by atoms with Gasteiger partial charge in [0.1, 0.15) is 5.75 Å². The van der Waals surface area contributed by atoms with Gasteiger partial charge in [-0.25, -0.2) is 9.78 Å². The molecular formula is C28H27N3O4. The number of amides is 1. The molecule has 0 N–H and O–H groups in total. The molecule has 1 aliphatic carbocycles. The summed E-state index contributed by atoms with van der Waals surface area (Å²) in [7, 11) is 3.23. The second kappa shape index (κ2) is 10.8. The number of hydrogen-bond acceptors (Lipinski definition) is 6. The van der Waals surface area contributed by atoms with E-state index in [0.29, 0.717) is 29.4 Å². The number of pyridine rings is 1. The van der Waals surface area contributed by atoms with Crippen molar-refractivity contribution in [2.24, 2.45) is 0 Å². The zero-order chi connectivity index (χ0) is 24.8. The topological polar surface area (TPSA) is 92.5 Å². The maximum Gasteiger partial charge on any atom is 0.339 e. The first-order valence-corrected chi connectivity index (χ1v) is 11.6. The van der Waals surface area contributed by atoms with Crippen LogP contribution in [0.5, 0.6) is 5.75 Å². The van der Waals surface area contributed by atoms with Crippen molar-refractivity contribution in [3.05, 3.63) is 70.9 Å². The number of methoxy groups -OCH3 is 1. The van der Waals surface area contributed by atoms with Gasteiger partial charge in [0, 0.05) is 19.0 Å². The first kappa shape index (κ1) is 24.0. The van der Waals surface area contributed by atoms with E-state index in [9.17, 15) is 9.59 Å². The van der Waals surface area contributed by atoms with Crippen LogP contribution >= 0.6 is 0 Å². The van der Waals surface area contributed by atoms with Crippen LogP contribution in [0.25, 0.3) is 22.6 Å². The van der Waals surface area contributed by atoms with E-state index in [2.05, 4.69) is 6.08 Å². The predicted molar refractivity (Wildman–Crippen MR) is 134 cm³/mol. The van der Waals surface area contributed by atoms with E-state index in [1.165, 1.54) is 4.90 Å². The first-order valence-electron chi connectivity index (χ1n) is 11.6. The second-order valence-corrected chi connectivity index (χ2v) is 8.43. The van der Waals surface area contributed by atoms with E-state index in [4.69, 9.17) is 19.7 Å². The quantitative estimate of drug-likeness (QED) is 0.468. The van der Waals surface area contributed by atoms with Crippen LogP contribution in [-0.2, 0) is 16.0 Å². The fourth-order valence-electron chi connectivity index (χ4n) is 4.26. The Morgan fingerprint density at radius 1 is 1.14 bits per heavy atom. The molecule has 1 amide bonds. The number of benzene rings is 2. The van der Waals surface area contributed by atoms with Crippen molar-refractivity contribution in [1.82, 2.24) is 9.88 Å². The Morgan fingerprint density at radius 3 is 2.66 bits per heavy atom.